The van der Waals surface area contributed by atoms with E-state index in [-0.39, 0.29) is 17.4 Å². The summed E-state index contributed by atoms with van der Waals surface area (Å²) < 4.78 is 13.6. The van der Waals surface area contributed by atoms with Gasteiger partial charge in [0.15, 0.2) is 0 Å². The van der Waals surface area contributed by atoms with Crippen molar-refractivity contribution in [2.24, 2.45) is 5.73 Å². The van der Waals surface area contributed by atoms with Gasteiger partial charge < -0.3 is 16.4 Å². The summed E-state index contributed by atoms with van der Waals surface area (Å²) in [5.74, 6) is -0.472. The molecule has 26 heavy (non-hydrogen) atoms. The first kappa shape index (κ1) is 18.0. The Morgan fingerprint density at radius 3 is 2.81 bits per heavy atom. The van der Waals surface area contributed by atoms with Gasteiger partial charge in [-0.1, -0.05) is 23.7 Å². The van der Waals surface area contributed by atoms with Crippen molar-refractivity contribution in [1.29, 1.82) is 0 Å². The Bertz CT molecular complexity index is 965. The van der Waals surface area contributed by atoms with Gasteiger partial charge in [-0.25, -0.2) is 14.4 Å². The van der Waals surface area contributed by atoms with E-state index >= 15 is 0 Å². The van der Waals surface area contributed by atoms with Crippen LogP contribution in [0.3, 0.4) is 0 Å². The largest absolute Gasteiger partial charge is 0.366 e. The number of aromatic nitrogens is 2. The molecule has 2 aromatic carbocycles. The molecule has 0 saturated carbocycles. The van der Waals surface area contributed by atoms with Crippen molar-refractivity contribution < 1.29 is 9.18 Å². The maximum absolute atomic E-state index is 13.6. The van der Waals surface area contributed by atoms with Crippen LogP contribution in [0.25, 0.3) is 10.9 Å². The monoisotopic (exact) mass is 373 g/mol. The SMILES string of the molecule is CNC[C@@H](Nc1ncnc2c(C(N)=O)cc(Cl)cc12)c1cccc(F)c1. The van der Waals surface area contributed by atoms with Crippen LogP contribution in [0.15, 0.2) is 42.7 Å². The van der Waals surface area contributed by atoms with Crippen LogP contribution in [0.1, 0.15) is 22.0 Å². The van der Waals surface area contributed by atoms with Crippen LogP contribution in [0, 0.1) is 5.82 Å². The highest BCUT2D eigenvalue weighted by Gasteiger charge is 2.17. The summed E-state index contributed by atoms with van der Waals surface area (Å²) in [4.78, 5) is 20.1. The van der Waals surface area contributed by atoms with E-state index in [9.17, 15) is 9.18 Å². The summed E-state index contributed by atoms with van der Waals surface area (Å²) in [6.07, 6.45) is 1.34. The lowest BCUT2D eigenvalue weighted by atomic mass is 10.1. The normalized spacial score (nSPS) is 12.1. The van der Waals surface area contributed by atoms with Crippen LogP contribution in [-0.2, 0) is 0 Å². The number of carbonyl (C=O) groups excluding carboxylic acids is 1. The Morgan fingerprint density at radius 1 is 1.31 bits per heavy atom. The van der Waals surface area contributed by atoms with Crippen LogP contribution in [0.5, 0.6) is 0 Å². The Morgan fingerprint density at radius 2 is 2.12 bits per heavy atom. The molecule has 3 rings (SSSR count). The standard InChI is InChI=1S/C18H17ClFN5O/c1-22-8-15(10-3-2-4-12(20)5-10)25-18-14-7-11(19)6-13(17(21)26)16(14)23-9-24-18/h2-7,9,15,22H,8H2,1H3,(H2,21,26)(H,23,24,25)/t15-/m1/s1. The van der Waals surface area contributed by atoms with Crippen molar-refractivity contribution in [3.8, 4) is 0 Å². The number of primary amides is 1. The zero-order chi connectivity index (χ0) is 18.7. The zero-order valence-corrected chi connectivity index (χ0v) is 14.7. The predicted molar refractivity (Wildman–Crippen MR) is 99.8 cm³/mol. The van der Waals surface area contributed by atoms with Crippen LogP contribution in [-0.4, -0.2) is 29.5 Å². The first-order chi connectivity index (χ1) is 12.5. The number of rotatable bonds is 6. The second-order valence-electron chi connectivity index (χ2n) is 5.75. The molecular formula is C18H17ClFN5O. The van der Waals surface area contributed by atoms with Crippen LogP contribution >= 0.6 is 11.6 Å². The second kappa shape index (κ2) is 7.63. The highest BCUT2D eigenvalue weighted by Crippen LogP contribution is 2.29. The second-order valence-corrected chi connectivity index (χ2v) is 6.18. The molecule has 0 aliphatic heterocycles. The molecule has 134 valence electrons. The Kier molecular flexibility index (Phi) is 5.29. The lowest BCUT2D eigenvalue weighted by Crippen LogP contribution is -2.24. The number of anilines is 1. The highest BCUT2D eigenvalue weighted by atomic mass is 35.5. The number of amides is 1. The third-order valence-electron chi connectivity index (χ3n) is 3.94. The van der Waals surface area contributed by atoms with Crippen molar-refractivity contribution in [2.75, 3.05) is 18.9 Å². The van der Waals surface area contributed by atoms with E-state index in [4.69, 9.17) is 17.3 Å². The van der Waals surface area contributed by atoms with E-state index in [0.717, 1.165) is 5.56 Å². The van der Waals surface area contributed by atoms with Gasteiger partial charge in [-0.05, 0) is 36.9 Å². The molecule has 1 atom stereocenters. The highest BCUT2D eigenvalue weighted by molar-refractivity contribution is 6.32. The molecule has 4 N–H and O–H groups in total. The number of fused-ring (bicyclic) bond motifs is 1. The summed E-state index contributed by atoms with van der Waals surface area (Å²) in [6, 6.07) is 9.19. The fourth-order valence-electron chi connectivity index (χ4n) is 2.78. The molecule has 0 unspecified atom stereocenters. The molecule has 0 spiro atoms. The number of halogens is 2. The molecule has 0 radical (unpaired) electrons. The molecule has 0 saturated heterocycles. The fourth-order valence-corrected chi connectivity index (χ4v) is 3.00. The van der Waals surface area contributed by atoms with Gasteiger partial charge in [0.2, 0.25) is 0 Å². The number of nitrogens with one attached hydrogen (secondary N) is 2. The van der Waals surface area contributed by atoms with Gasteiger partial charge in [-0.2, -0.15) is 0 Å². The van der Waals surface area contributed by atoms with Gasteiger partial charge in [0.1, 0.15) is 18.0 Å². The molecule has 6 nitrogen and oxygen atoms in total. The summed E-state index contributed by atoms with van der Waals surface area (Å²) in [5, 5.41) is 7.24. The number of hydrogen-bond acceptors (Lipinski definition) is 5. The molecule has 0 bridgehead atoms. The van der Waals surface area contributed by atoms with E-state index in [2.05, 4.69) is 20.6 Å². The minimum atomic E-state index is -0.626. The van der Waals surface area contributed by atoms with Crippen LogP contribution in [0.4, 0.5) is 10.2 Å². The minimum absolute atomic E-state index is 0.217. The molecule has 1 aromatic heterocycles. The molecule has 1 amide bonds. The molecule has 0 aliphatic carbocycles. The number of nitrogens with two attached hydrogens (primary N) is 1. The van der Waals surface area contributed by atoms with E-state index in [1.807, 2.05) is 6.07 Å². The third kappa shape index (κ3) is 3.74. The van der Waals surface area contributed by atoms with Gasteiger partial charge in [0.05, 0.1) is 17.1 Å². The van der Waals surface area contributed by atoms with E-state index in [0.29, 0.717) is 28.3 Å². The number of likely N-dealkylation sites (N-methyl/N-ethyl adjacent to an activating group) is 1. The lowest BCUT2D eigenvalue weighted by molar-refractivity contribution is 0.100. The number of carbonyl (C=O) groups is 1. The Hall–Kier alpha value is -2.77. The summed E-state index contributed by atoms with van der Waals surface area (Å²) in [6.45, 7) is 0.526. The van der Waals surface area contributed by atoms with E-state index in [1.54, 1.807) is 19.2 Å². The number of hydrogen-bond donors (Lipinski definition) is 3. The van der Waals surface area contributed by atoms with E-state index < -0.39 is 5.91 Å². The van der Waals surface area contributed by atoms with Crippen molar-refractivity contribution >= 4 is 34.2 Å². The zero-order valence-electron chi connectivity index (χ0n) is 14.0. The van der Waals surface area contributed by atoms with Crippen molar-refractivity contribution in [2.45, 2.75) is 6.04 Å². The van der Waals surface area contributed by atoms with Gasteiger partial charge >= 0.3 is 0 Å². The third-order valence-corrected chi connectivity index (χ3v) is 4.16. The molecule has 3 aromatic rings. The Balaban J connectivity index is 2.08. The summed E-state index contributed by atoms with van der Waals surface area (Å²) in [7, 11) is 1.80. The topological polar surface area (TPSA) is 92.9 Å². The smallest absolute Gasteiger partial charge is 0.250 e. The molecular weight excluding hydrogens is 357 g/mol. The van der Waals surface area contributed by atoms with Crippen molar-refractivity contribution in [3.05, 3.63) is 64.7 Å². The first-order valence-electron chi connectivity index (χ1n) is 7.90. The average molecular weight is 374 g/mol. The molecule has 1 heterocycles. The maximum Gasteiger partial charge on any atom is 0.250 e. The first-order valence-corrected chi connectivity index (χ1v) is 8.28. The van der Waals surface area contributed by atoms with Gasteiger partial charge in [-0.3, -0.25) is 4.79 Å². The number of benzene rings is 2. The van der Waals surface area contributed by atoms with Gasteiger partial charge in [0, 0.05) is 17.0 Å². The molecule has 0 fully saturated rings. The summed E-state index contributed by atoms with van der Waals surface area (Å²) in [5.41, 5.74) is 6.80. The average Bonchev–Trinajstić information content (AvgIpc) is 2.61. The van der Waals surface area contributed by atoms with Gasteiger partial charge in [-0.15, -0.1) is 0 Å². The number of nitrogens with zero attached hydrogens (tertiary/aromatic N) is 2. The van der Waals surface area contributed by atoms with Gasteiger partial charge in [0.25, 0.3) is 5.91 Å². The lowest BCUT2D eigenvalue weighted by Gasteiger charge is -2.20. The van der Waals surface area contributed by atoms with Crippen LogP contribution < -0.4 is 16.4 Å². The van der Waals surface area contributed by atoms with Crippen molar-refractivity contribution in [3.63, 3.8) is 0 Å². The fraction of sp³-hybridized carbons (Fsp3) is 0.167. The quantitative estimate of drug-likeness (QED) is 0.617. The van der Waals surface area contributed by atoms with Crippen molar-refractivity contribution in [1.82, 2.24) is 15.3 Å². The molecule has 8 heteroatoms. The molecule has 0 aliphatic rings. The summed E-state index contributed by atoms with van der Waals surface area (Å²) >= 11 is 6.12. The van der Waals surface area contributed by atoms with E-state index in [1.165, 1.54) is 24.5 Å². The van der Waals surface area contributed by atoms with Crippen LogP contribution in [0.2, 0.25) is 5.02 Å². The Labute approximate surface area is 154 Å². The predicted octanol–water partition coefficient (Wildman–Crippen LogP) is 2.89. The minimum Gasteiger partial charge on any atom is -0.366 e. The maximum atomic E-state index is 13.6.